The van der Waals surface area contributed by atoms with Gasteiger partial charge in [0.2, 0.25) is 0 Å². The van der Waals surface area contributed by atoms with Gasteiger partial charge in [-0.1, -0.05) is 12.2 Å². The number of rotatable bonds is 3. The van der Waals surface area contributed by atoms with Gasteiger partial charge in [0.1, 0.15) is 5.75 Å². The minimum Gasteiger partial charge on any atom is -0.406 e. The van der Waals surface area contributed by atoms with Crippen LogP contribution in [0.5, 0.6) is 5.75 Å². The maximum absolute atomic E-state index is 12.1. The Morgan fingerprint density at radius 1 is 1.10 bits per heavy atom. The Hall–Kier alpha value is -2.50. The molecule has 2 rings (SSSR count). The fourth-order valence-electron chi connectivity index (χ4n) is 1.80. The molecule has 0 unspecified atom stereocenters. The monoisotopic (exact) mass is 295 g/mol. The lowest BCUT2D eigenvalue weighted by Gasteiger charge is -2.10. The molecule has 0 bridgehead atoms. The van der Waals surface area contributed by atoms with Crippen LogP contribution < -0.4 is 10.3 Å². The zero-order chi connectivity index (χ0) is 15.5. The van der Waals surface area contributed by atoms with Gasteiger partial charge in [-0.15, -0.1) is 13.2 Å². The summed E-state index contributed by atoms with van der Waals surface area (Å²) in [6.45, 7) is 1.85. The van der Waals surface area contributed by atoms with Gasteiger partial charge in [-0.25, -0.2) is 0 Å². The Bertz CT molecular complexity index is 700. The van der Waals surface area contributed by atoms with Crippen LogP contribution in [0.25, 0.3) is 11.8 Å². The second kappa shape index (κ2) is 5.87. The fraction of sp³-hybridized carbons (Fsp3) is 0.133. The Morgan fingerprint density at radius 3 is 2.33 bits per heavy atom. The summed E-state index contributed by atoms with van der Waals surface area (Å²) in [7, 11) is 0. The number of benzene rings is 1. The molecule has 0 saturated carbocycles. The van der Waals surface area contributed by atoms with Gasteiger partial charge in [-0.3, -0.25) is 9.36 Å². The van der Waals surface area contributed by atoms with Gasteiger partial charge in [-0.2, -0.15) is 0 Å². The third-order valence-corrected chi connectivity index (χ3v) is 2.64. The minimum atomic E-state index is -4.73. The molecule has 0 atom stereocenters. The molecule has 0 aliphatic rings. The van der Waals surface area contributed by atoms with Crippen LogP contribution in [-0.2, 0) is 0 Å². The fourth-order valence-corrected chi connectivity index (χ4v) is 1.80. The Morgan fingerprint density at radius 2 is 1.76 bits per heavy atom. The maximum atomic E-state index is 12.1. The van der Waals surface area contributed by atoms with Crippen LogP contribution in [0.1, 0.15) is 12.5 Å². The lowest BCUT2D eigenvalue weighted by atomic mass is 10.2. The molecule has 0 radical (unpaired) electrons. The lowest BCUT2D eigenvalue weighted by Crippen LogP contribution is -2.18. The molecule has 0 aliphatic heterocycles. The third-order valence-electron chi connectivity index (χ3n) is 2.64. The molecule has 0 spiro atoms. The van der Waals surface area contributed by atoms with E-state index in [1.807, 2.05) is 19.1 Å². The van der Waals surface area contributed by atoms with Gasteiger partial charge in [0, 0.05) is 18.0 Å². The van der Waals surface area contributed by atoms with Crippen molar-refractivity contribution in [2.45, 2.75) is 13.3 Å². The molecular formula is C15H12F3NO2. The lowest BCUT2D eigenvalue weighted by molar-refractivity contribution is -0.274. The number of pyridine rings is 1. The molecule has 0 amide bonds. The predicted octanol–water partition coefficient (Wildman–Crippen LogP) is 3.77. The molecule has 110 valence electrons. The SMILES string of the molecule is C/C=C/c1ccc(=O)n(-c2ccc(OC(F)(F)F)cc2)c1. The van der Waals surface area contributed by atoms with Gasteiger partial charge in [0.15, 0.2) is 0 Å². The molecule has 1 heterocycles. The number of alkyl halides is 3. The van der Waals surface area contributed by atoms with Crippen LogP contribution in [0, 0.1) is 0 Å². The standard InChI is InChI=1S/C15H12F3NO2/c1-2-3-11-4-9-14(20)19(10-11)12-5-7-13(8-6-12)21-15(16,17)18/h2-10H,1H3/b3-2+. The first kappa shape index (κ1) is 14.9. The quantitative estimate of drug-likeness (QED) is 0.863. The van der Waals surface area contributed by atoms with Crippen molar-refractivity contribution in [3.05, 3.63) is 64.6 Å². The largest absolute Gasteiger partial charge is 0.573 e. The normalized spacial score (nSPS) is 11.8. The molecular weight excluding hydrogens is 283 g/mol. The van der Waals surface area contributed by atoms with Crippen molar-refractivity contribution in [3.8, 4) is 11.4 Å². The summed E-state index contributed by atoms with van der Waals surface area (Å²) in [4.78, 5) is 11.8. The topological polar surface area (TPSA) is 31.2 Å². The summed E-state index contributed by atoms with van der Waals surface area (Å²) in [5.41, 5.74) is 1.00. The highest BCUT2D eigenvalue weighted by Gasteiger charge is 2.30. The molecule has 0 saturated heterocycles. The molecule has 3 nitrogen and oxygen atoms in total. The second-order valence-electron chi connectivity index (χ2n) is 4.21. The van der Waals surface area contributed by atoms with E-state index in [1.54, 1.807) is 12.3 Å². The highest BCUT2D eigenvalue weighted by Crippen LogP contribution is 2.23. The minimum absolute atomic E-state index is 0.271. The number of hydrogen-bond donors (Lipinski definition) is 0. The Labute approximate surface area is 118 Å². The summed E-state index contributed by atoms with van der Waals surface area (Å²) in [6, 6.07) is 8.18. The Balaban J connectivity index is 2.34. The number of aromatic nitrogens is 1. The van der Waals surface area contributed by atoms with Crippen molar-refractivity contribution in [1.82, 2.24) is 4.57 Å². The van der Waals surface area contributed by atoms with Gasteiger partial charge < -0.3 is 4.74 Å². The van der Waals surface area contributed by atoms with E-state index in [-0.39, 0.29) is 11.3 Å². The molecule has 1 aromatic carbocycles. The average molecular weight is 295 g/mol. The zero-order valence-electron chi connectivity index (χ0n) is 11.1. The molecule has 6 heteroatoms. The maximum Gasteiger partial charge on any atom is 0.573 e. The molecule has 1 aromatic heterocycles. The van der Waals surface area contributed by atoms with Crippen molar-refractivity contribution < 1.29 is 17.9 Å². The number of hydrogen-bond acceptors (Lipinski definition) is 2. The van der Waals surface area contributed by atoms with Crippen LogP contribution in [0.15, 0.2) is 53.5 Å². The summed E-state index contributed by atoms with van der Waals surface area (Å²) in [5, 5.41) is 0. The summed E-state index contributed by atoms with van der Waals surface area (Å²) in [6.07, 6.45) is 0.521. The van der Waals surface area contributed by atoms with Crippen molar-refractivity contribution in [2.24, 2.45) is 0 Å². The van der Waals surface area contributed by atoms with Gasteiger partial charge in [0.25, 0.3) is 5.56 Å². The molecule has 0 aliphatic carbocycles. The van der Waals surface area contributed by atoms with E-state index in [9.17, 15) is 18.0 Å². The van der Waals surface area contributed by atoms with Crippen molar-refractivity contribution >= 4 is 6.08 Å². The van der Waals surface area contributed by atoms with E-state index in [0.29, 0.717) is 5.69 Å². The van der Waals surface area contributed by atoms with Crippen molar-refractivity contribution in [3.63, 3.8) is 0 Å². The molecule has 2 aromatic rings. The molecule has 0 fully saturated rings. The summed E-state index contributed by atoms with van der Waals surface area (Å²) >= 11 is 0. The van der Waals surface area contributed by atoms with Crippen LogP contribution in [0.2, 0.25) is 0 Å². The molecule has 0 N–H and O–H groups in total. The number of ether oxygens (including phenoxy) is 1. The zero-order valence-corrected chi connectivity index (χ0v) is 11.1. The van der Waals surface area contributed by atoms with E-state index >= 15 is 0 Å². The van der Waals surface area contributed by atoms with E-state index in [2.05, 4.69) is 4.74 Å². The van der Waals surface area contributed by atoms with Crippen LogP contribution in [0.3, 0.4) is 0 Å². The van der Waals surface area contributed by atoms with E-state index in [1.165, 1.54) is 22.8 Å². The van der Waals surface area contributed by atoms with Gasteiger partial charge in [0.05, 0.1) is 0 Å². The Kier molecular flexibility index (Phi) is 4.16. The first-order valence-electron chi connectivity index (χ1n) is 6.10. The predicted molar refractivity (Wildman–Crippen MR) is 73.4 cm³/mol. The highest BCUT2D eigenvalue weighted by atomic mass is 19.4. The summed E-state index contributed by atoms with van der Waals surface area (Å²) < 4.78 is 41.4. The first-order chi connectivity index (χ1) is 9.89. The number of nitrogens with zero attached hydrogens (tertiary/aromatic N) is 1. The van der Waals surface area contributed by atoms with Gasteiger partial charge in [-0.05, 0) is 42.8 Å². The number of halogens is 3. The molecule has 21 heavy (non-hydrogen) atoms. The summed E-state index contributed by atoms with van der Waals surface area (Å²) in [5.74, 6) is -0.330. The first-order valence-corrected chi connectivity index (χ1v) is 6.10. The van der Waals surface area contributed by atoms with Gasteiger partial charge >= 0.3 is 6.36 Å². The second-order valence-corrected chi connectivity index (χ2v) is 4.21. The number of allylic oxidation sites excluding steroid dienone is 1. The van der Waals surface area contributed by atoms with Crippen LogP contribution >= 0.6 is 0 Å². The van der Waals surface area contributed by atoms with E-state index in [4.69, 9.17) is 0 Å². The smallest absolute Gasteiger partial charge is 0.406 e. The van der Waals surface area contributed by atoms with Crippen LogP contribution in [0.4, 0.5) is 13.2 Å². The van der Waals surface area contributed by atoms with Crippen molar-refractivity contribution in [1.29, 1.82) is 0 Å². The van der Waals surface area contributed by atoms with Crippen molar-refractivity contribution in [2.75, 3.05) is 0 Å². The third kappa shape index (κ3) is 3.98. The average Bonchev–Trinajstić information content (AvgIpc) is 2.40. The van der Waals surface area contributed by atoms with E-state index < -0.39 is 6.36 Å². The van der Waals surface area contributed by atoms with E-state index in [0.717, 1.165) is 17.7 Å². The van der Waals surface area contributed by atoms with Crippen LogP contribution in [-0.4, -0.2) is 10.9 Å². The highest BCUT2D eigenvalue weighted by molar-refractivity contribution is 5.49.